The maximum absolute atomic E-state index is 12.6. The van der Waals surface area contributed by atoms with Crippen molar-refractivity contribution in [3.63, 3.8) is 0 Å². The molecule has 1 N–H and O–H groups in total. The Morgan fingerprint density at radius 2 is 2.05 bits per heavy atom. The summed E-state index contributed by atoms with van der Waals surface area (Å²) < 4.78 is 0. The molecule has 0 saturated carbocycles. The van der Waals surface area contributed by atoms with Gasteiger partial charge in [0.05, 0.1) is 5.88 Å². The first kappa shape index (κ1) is 17.8. The van der Waals surface area contributed by atoms with E-state index in [1.54, 1.807) is 4.90 Å². The first-order valence-corrected chi connectivity index (χ1v) is 8.46. The van der Waals surface area contributed by atoms with Crippen molar-refractivity contribution < 1.29 is 19.5 Å². The van der Waals surface area contributed by atoms with Crippen molar-refractivity contribution in [2.45, 2.75) is 39.7 Å². The summed E-state index contributed by atoms with van der Waals surface area (Å²) in [5.41, 5.74) is 0. The molecule has 1 fully saturated rings. The van der Waals surface area contributed by atoms with E-state index in [0.29, 0.717) is 24.6 Å². The molecule has 2 amide bonds. The van der Waals surface area contributed by atoms with Gasteiger partial charge >= 0.3 is 5.97 Å². The second-order valence-electron chi connectivity index (χ2n) is 5.29. The third-order valence-corrected chi connectivity index (χ3v) is 4.63. The number of carbonyl (C=O) groups is 3. The van der Waals surface area contributed by atoms with Crippen molar-refractivity contribution >= 4 is 29.5 Å². The van der Waals surface area contributed by atoms with Crippen LogP contribution in [0.25, 0.3) is 0 Å². The number of rotatable bonds is 7. The van der Waals surface area contributed by atoms with Crippen LogP contribution in [0.2, 0.25) is 0 Å². The number of carboxylic acid groups (broad SMARTS) is 1. The molecule has 0 aliphatic carbocycles. The number of thioether (sulfide) groups is 1. The number of hydrogen-bond acceptors (Lipinski definition) is 4. The molecule has 0 aromatic rings. The Morgan fingerprint density at radius 1 is 1.38 bits per heavy atom. The number of carboxylic acids is 1. The number of amides is 2. The summed E-state index contributed by atoms with van der Waals surface area (Å²) in [5.74, 6) is -0.359. The van der Waals surface area contributed by atoms with Crippen LogP contribution >= 0.6 is 11.8 Å². The average molecular weight is 316 g/mol. The van der Waals surface area contributed by atoms with Crippen LogP contribution in [0.4, 0.5) is 0 Å². The molecule has 0 aromatic carbocycles. The predicted molar refractivity (Wildman–Crippen MR) is 81.9 cm³/mol. The quantitative estimate of drug-likeness (QED) is 0.765. The Morgan fingerprint density at radius 3 is 2.57 bits per heavy atom. The molecule has 7 heteroatoms. The third-order valence-electron chi connectivity index (χ3n) is 3.62. The van der Waals surface area contributed by atoms with E-state index in [2.05, 4.69) is 0 Å². The van der Waals surface area contributed by atoms with E-state index in [1.165, 1.54) is 16.7 Å². The van der Waals surface area contributed by atoms with Crippen LogP contribution in [0.1, 0.15) is 33.6 Å². The molecule has 1 rings (SSSR count). The van der Waals surface area contributed by atoms with Gasteiger partial charge in [-0.1, -0.05) is 20.8 Å². The van der Waals surface area contributed by atoms with Crippen LogP contribution < -0.4 is 0 Å². The van der Waals surface area contributed by atoms with Crippen LogP contribution in [0, 0.1) is 5.92 Å². The molecule has 0 spiro atoms. The molecule has 6 nitrogen and oxygen atoms in total. The van der Waals surface area contributed by atoms with Crippen molar-refractivity contribution in [1.29, 1.82) is 0 Å². The summed E-state index contributed by atoms with van der Waals surface area (Å²) in [6.07, 6.45) is 1.42. The molecule has 120 valence electrons. The van der Waals surface area contributed by atoms with Gasteiger partial charge in [0.25, 0.3) is 0 Å². The summed E-state index contributed by atoms with van der Waals surface area (Å²) in [4.78, 5) is 38.7. The zero-order chi connectivity index (χ0) is 16.0. The Hall–Kier alpha value is -1.24. The minimum absolute atomic E-state index is 0.0207. The summed E-state index contributed by atoms with van der Waals surface area (Å²) in [7, 11) is 0. The van der Waals surface area contributed by atoms with Crippen molar-refractivity contribution in [2.75, 3.05) is 24.7 Å². The minimum atomic E-state index is -1.03. The van der Waals surface area contributed by atoms with Crippen LogP contribution in [0.5, 0.6) is 0 Å². The van der Waals surface area contributed by atoms with E-state index in [4.69, 9.17) is 5.11 Å². The lowest BCUT2D eigenvalue weighted by atomic mass is 10.1. The van der Waals surface area contributed by atoms with Crippen LogP contribution in [0.15, 0.2) is 0 Å². The lowest BCUT2D eigenvalue weighted by molar-refractivity contribution is -0.149. The van der Waals surface area contributed by atoms with E-state index in [0.717, 1.165) is 6.42 Å². The number of carbonyl (C=O) groups excluding carboxylic acids is 2. The molecule has 1 heterocycles. The number of nitrogens with zero attached hydrogens (tertiary/aromatic N) is 2. The topological polar surface area (TPSA) is 77.9 Å². The fraction of sp³-hybridized carbons (Fsp3) is 0.786. The monoisotopic (exact) mass is 316 g/mol. The summed E-state index contributed by atoms with van der Waals surface area (Å²) >= 11 is 1.54. The highest BCUT2D eigenvalue weighted by Crippen LogP contribution is 2.25. The fourth-order valence-electron chi connectivity index (χ4n) is 2.23. The summed E-state index contributed by atoms with van der Waals surface area (Å²) in [5, 5.41) is 8.92. The predicted octanol–water partition coefficient (Wildman–Crippen LogP) is 1.26. The largest absolute Gasteiger partial charge is 0.480 e. The minimum Gasteiger partial charge on any atom is -0.480 e. The van der Waals surface area contributed by atoms with E-state index in [1.807, 2.05) is 20.8 Å². The maximum Gasteiger partial charge on any atom is 0.323 e. The van der Waals surface area contributed by atoms with Gasteiger partial charge in [-0.25, -0.2) is 0 Å². The maximum atomic E-state index is 12.6. The average Bonchev–Trinajstić information content (AvgIpc) is 2.93. The summed E-state index contributed by atoms with van der Waals surface area (Å²) in [6, 6.07) is -0.526. The van der Waals surface area contributed by atoms with E-state index in [-0.39, 0.29) is 24.3 Å². The Bertz CT molecular complexity index is 402. The first-order chi connectivity index (χ1) is 9.92. The normalized spacial score (nSPS) is 19.4. The lowest BCUT2D eigenvalue weighted by Gasteiger charge is -2.30. The molecule has 1 saturated heterocycles. The van der Waals surface area contributed by atoms with Gasteiger partial charge in [-0.05, 0) is 12.8 Å². The first-order valence-electron chi connectivity index (χ1n) is 7.31. The van der Waals surface area contributed by atoms with Crippen LogP contribution in [-0.4, -0.2) is 63.5 Å². The van der Waals surface area contributed by atoms with Gasteiger partial charge in [-0.3, -0.25) is 14.4 Å². The second kappa shape index (κ2) is 8.26. The van der Waals surface area contributed by atoms with Crippen molar-refractivity contribution in [2.24, 2.45) is 5.92 Å². The van der Waals surface area contributed by atoms with Gasteiger partial charge in [0.15, 0.2) is 0 Å². The molecule has 21 heavy (non-hydrogen) atoms. The lowest BCUT2D eigenvalue weighted by Crippen LogP contribution is -2.51. The number of aliphatic carboxylic acids is 1. The fourth-order valence-corrected chi connectivity index (χ4v) is 3.39. The Labute approximate surface area is 129 Å². The van der Waals surface area contributed by atoms with Gasteiger partial charge in [0.2, 0.25) is 11.8 Å². The van der Waals surface area contributed by atoms with E-state index >= 15 is 0 Å². The van der Waals surface area contributed by atoms with Gasteiger partial charge in [-0.2, -0.15) is 0 Å². The van der Waals surface area contributed by atoms with Crippen LogP contribution in [-0.2, 0) is 14.4 Å². The van der Waals surface area contributed by atoms with E-state index in [9.17, 15) is 14.4 Å². The molecular weight excluding hydrogens is 292 g/mol. The van der Waals surface area contributed by atoms with Gasteiger partial charge in [-0.15, -0.1) is 11.8 Å². The highest BCUT2D eigenvalue weighted by molar-refractivity contribution is 7.99. The smallest absolute Gasteiger partial charge is 0.323 e. The standard InChI is InChI=1S/C14H24N2O4S/c1-4-6-15(7-12(17)18)14(20)11-8-21-9-16(11)13(19)10(3)5-2/h10-11H,4-9H2,1-3H3,(H,17,18). The van der Waals surface area contributed by atoms with Gasteiger partial charge in [0, 0.05) is 18.2 Å². The molecule has 1 aliphatic rings. The third kappa shape index (κ3) is 4.62. The van der Waals surface area contributed by atoms with Crippen molar-refractivity contribution in [1.82, 2.24) is 9.80 Å². The molecule has 1 aliphatic heterocycles. The zero-order valence-electron chi connectivity index (χ0n) is 12.9. The Balaban J connectivity index is 2.82. The van der Waals surface area contributed by atoms with Crippen molar-refractivity contribution in [3.8, 4) is 0 Å². The summed E-state index contributed by atoms with van der Waals surface area (Å²) in [6.45, 7) is 5.79. The van der Waals surface area contributed by atoms with Crippen molar-refractivity contribution in [3.05, 3.63) is 0 Å². The highest BCUT2D eigenvalue weighted by atomic mass is 32.2. The molecule has 2 unspecified atom stereocenters. The van der Waals surface area contributed by atoms with Gasteiger partial charge in [0.1, 0.15) is 12.6 Å². The van der Waals surface area contributed by atoms with Crippen LogP contribution in [0.3, 0.4) is 0 Å². The molecule has 0 aromatic heterocycles. The zero-order valence-corrected chi connectivity index (χ0v) is 13.7. The highest BCUT2D eigenvalue weighted by Gasteiger charge is 2.38. The second-order valence-corrected chi connectivity index (χ2v) is 6.29. The Kier molecular flexibility index (Phi) is 7.01. The molecule has 0 radical (unpaired) electrons. The molecule has 0 bridgehead atoms. The number of hydrogen-bond donors (Lipinski definition) is 1. The van der Waals surface area contributed by atoms with E-state index < -0.39 is 12.0 Å². The molecule has 2 atom stereocenters. The van der Waals surface area contributed by atoms with Gasteiger partial charge < -0.3 is 14.9 Å². The molecular formula is C14H24N2O4S. The SMILES string of the molecule is CCCN(CC(=O)O)C(=O)C1CSCN1C(=O)C(C)CC.